The van der Waals surface area contributed by atoms with Gasteiger partial charge in [-0.05, 0) is 43.5 Å². The maximum absolute atomic E-state index is 3.58. The minimum Gasteiger partial charge on any atom is -0.371 e. The molecule has 0 aliphatic carbocycles. The van der Waals surface area contributed by atoms with Crippen LogP contribution in [0, 0.1) is 0 Å². The number of anilines is 1. The third kappa shape index (κ3) is 3.46. The van der Waals surface area contributed by atoms with Crippen molar-refractivity contribution < 1.29 is 0 Å². The van der Waals surface area contributed by atoms with Crippen molar-refractivity contribution in [2.24, 2.45) is 0 Å². The normalized spacial score (nSPS) is 16.2. The number of hydrogen-bond donors (Lipinski definition) is 1. The Balaban J connectivity index is 2.19. The fourth-order valence-corrected chi connectivity index (χ4v) is 2.72. The van der Waals surface area contributed by atoms with Crippen molar-refractivity contribution in [2.75, 3.05) is 24.5 Å². The summed E-state index contributed by atoms with van der Waals surface area (Å²) >= 11 is 3.58. The fraction of sp³-hybridized carbons (Fsp3) is 0.571. The van der Waals surface area contributed by atoms with Gasteiger partial charge < -0.3 is 10.2 Å². The molecule has 1 aliphatic heterocycles. The van der Waals surface area contributed by atoms with Gasteiger partial charge in [-0.1, -0.05) is 28.9 Å². The molecule has 1 aromatic carbocycles. The maximum atomic E-state index is 3.58. The van der Waals surface area contributed by atoms with Crippen LogP contribution in [-0.2, 0) is 6.54 Å². The molecule has 0 unspecified atom stereocenters. The van der Waals surface area contributed by atoms with E-state index in [1.807, 2.05) is 0 Å². The Labute approximate surface area is 113 Å². The van der Waals surface area contributed by atoms with Gasteiger partial charge in [0.15, 0.2) is 0 Å². The van der Waals surface area contributed by atoms with Gasteiger partial charge in [0.25, 0.3) is 0 Å². The predicted molar refractivity (Wildman–Crippen MR) is 77.6 cm³/mol. The second kappa shape index (κ2) is 6.41. The first-order chi connectivity index (χ1) is 8.31. The maximum Gasteiger partial charge on any atom is 0.0423 e. The van der Waals surface area contributed by atoms with Gasteiger partial charge in [-0.3, -0.25) is 0 Å². The van der Waals surface area contributed by atoms with Crippen LogP contribution in [0.25, 0.3) is 0 Å². The van der Waals surface area contributed by atoms with Crippen molar-refractivity contribution in [3.05, 3.63) is 28.2 Å². The molecule has 17 heavy (non-hydrogen) atoms. The van der Waals surface area contributed by atoms with Gasteiger partial charge in [-0.25, -0.2) is 0 Å². The van der Waals surface area contributed by atoms with Crippen molar-refractivity contribution >= 4 is 21.6 Å². The van der Waals surface area contributed by atoms with Crippen LogP contribution in [0.5, 0.6) is 0 Å². The summed E-state index contributed by atoms with van der Waals surface area (Å²) in [6, 6.07) is 6.63. The average Bonchev–Trinajstić information content (AvgIpc) is 2.38. The number of hydrogen-bond acceptors (Lipinski definition) is 2. The minimum atomic E-state index is 0.968. The first kappa shape index (κ1) is 12.9. The van der Waals surface area contributed by atoms with Crippen molar-refractivity contribution in [2.45, 2.75) is 32.7 Å². The largest absolute Gasteiger partial charge is 0.371 e. The Morgan fingerprint density at radius 1 is 1.24 bits per heavy atom. The zero-order valence-electron chi connectivity index (χ0n) is 10.5. The van der Waals surface area contributed by atoms with Crippen molar-refractivity contribution in [1.82, 2.24) is 5.32 Å². The van der Waals surface area contributed by atoms with Crippen LogP contribution in [0.4, 0.5) is 5.69 Å². The van der Waals surface area contributed by atoms with E-state index in [0.717, 1.165) is 13.1 Å². The van der Waals surface area contributed by atoms with E-state index in [9.17, 15) is 0 Å². The molecular formula is C14H21BrN2. The lowest BCUT2D eigenvalue weighted by Crippen LogP contribution is -2.30. The highest BCUT2D eigenvalue weighted by molar-refractivity contribution is 9.10. The topological polar surface area (TPSA) is 15.3 Å². The van der Waals surface area contributed by atoms with Gasteiger partial charge in [-0.15, -0.1) is 0 Å². The van der Waals surface area contributed by atoms with Crippen LogP contribution < -0.4 is 10.2 Å². The smallest absolute Gasteiger partial charge is 0.0423 e. The van der Waals surface area contributed by atoms with Crippen LogP contribution in [0.2, 0.25) is 0 Å². The Hall–Kier alpha value is -0.540. The second-order valence-corrected chi connectivity index (χ2v) is 5.52. The third-order valence-corrected chi connectivity index (χ3v) is 3.80. The molecule has 0 radical (unpaired) electrons. The molecule has 0 amide bonds. The molecule has 0 spiro atoms. The average molecular weight is 297 g/mol. The summed E-state index contributed by atoms with van der Waals surface area (Å²) in [5, 5.41) is 3.42. The molecule has 3 heteroatoms. The number of piperidine rings is 1. The highest BCUT2D eigenvalue weighted by Gasteiger charge is 2.14. The van der Waals surface area contributed by atoms with Gasteiger partial charge in [0.2, 0.25) is 0 Å². The molecule has 1 heterocycles. The third-order valence-electron chi connectivity index (χ3n) is 3.31. The fourth-order valence-electron chi connectivity index (χ4n) is 2.38. The van der Waals surface area contributed by atoms with E-state index in [1.165, 1.54) is 48.1 Å². The van der Waals surface area contributed by atoms with Crippen LogP contribution in [-0.4, -0.2) is 19.6 Å². The zero-order chi connectivity index (χ0) is 12.1. The lowest BCUT2D eigenvalue weighted by atomic mass is 10.1. The molecule has 1 aromatic rings. The molecule has 2 rings (SSSR count). The molecule has 0 atom stereocenters. The molecule has 0 aromatic heterocycles. The molecule has 1 N–H and O–H groups in total. The zero-order valence-corrected chi connectivity index (χ0v) is 12.1. The van der Waals surface area contributed by atoms with E-state index in [-0.39, 0.29) is 0 Å². The predicted octanol–water partition coefficient (Wildman–Crippen LogP) is 3.55. The molecule has 0 bridgehead atoms. The number of nitrogens with zero attached hydrogens (tertiary/aromatic N) is 1. The van der Waals surface area contributed by atoms with E-state index >= 15 is 0 Å². The molecule has 1 aliphatic rings. The Morgan fingerprint density at radius 2 is 2.00 bits per heavy atom. The van der Waals surface area contributed by atoms with E-state index in [0.29, 0.717) is 0 Å². The number of rotatable bonds is 4. The lowest BCUT2D eigenvalue weighted by Gasteiger charge is -2.31. The van der Waals surface area contributed by atoms with Crippen LogP contribution in [0.1, 0.15) is 31.7 Å². The molecule has 0 saturated carbocycles. The summed E-state index contributed by atoms with van der Waals surface area (Å²) in [5.41, 5.74) is 2.82. The SMILES string of the molecule is CCNCc1ccc(Br)cc1N1CCCCC1. The van der Waals surface area contributed by atoms with Crippen LogP contribution in [0.3, 0.4) is 0 Å². The van der Waals surface area contributed by atoms with Gasteiger partial charge in [-0.2, -0.15) is 0 Å². The van der Waals surface area contributed by atoms with Gasteiger partial charge in [0, 0.05) is 29.8 Å². The summed E-state index contributed by atoms with van der Waals surface area (Å²) in [5.74, 6) is 0. The molecule has 2 nitrogen and oxygen atoms in total. The Morgan fingerprint density at radius 3 is 2.71 bits per heavy atom. The minimum absolute atomic E-state index is 0.968. The van der Waals surface area contributed by atoms with E-state index < -0.39 is 0 Å². The molecule has 1 saturated heterocycles. The van der Waals surface area contributed by atoms with Gasteiger partial charge >= 0.3 is 0 Å². The van der Waals surface area contributed by atoms with Crippen LogP contribution in [0.15, 0.2) is 22.7 Å². The number of halogens is 1. The summed E-state index contributed by atoms with van der Waals surface area (Å²) in [6.45, 7) is 6.55. The number of nitrogens with one attached hydrogen (secondary N) is 1. The first-order valence-electron chi connectivity index (χ1n) is 6.55. The van der Waals surface area contributed by atoms with Crippen molar-refractivity contribution in [1.29, 1.82) is 0 Å². The monoisotopic (exact) mass is 296 g/mol. The Kier molecular flexibility index (Phi) is 4.86. The van der Waals surface area contributed by atoms with Gasteiger partial charge in [0.05, 0.1) is 0 Å². The molecule has 1 fully saturated rings. The summed E-state index contributed by atoms with van der Waals surface area (Å²) in [7, 11) is 0. The molecule has 94 valence electrons. The highest BCUT2D eigenvalue weighted by Crippen LogP contribution is 2.27. The summed E-state index contributed by atoms with van der Waals surface area (Å²) < 4.78 is 1.18. The summed E-state index contributed by atoms with van der Waals surface area (Å²) in [4.78, 5) is 2.53. The van der Waals surface area contributed by atoms with E-state index in [2.05, 4.69) is 51.3 Å². The van der Waals surface area contributed by atoms with E-state index in [4.69, 9.17) is 0 Å². The summed E-state index contributed by atoms with van der Waals surface area (Å²) in [6.07, 6.45) is 4.04. The second-order valence-electron chi connectivity index (χ2n) is 4.60. The standard InChI is InChI=1S/C14H21BrN2/c1-2-16-11-12-6-7-13(15)10-14(12)17-8-4-3-5-9-17/h6-7,10,16H,2-5,8-9,11H2,1H3. The lowest BCUT2D eigenvalue weighted by molar-refractivity contribution is 0.575. The van der Waals surface area contributed by atoms with Crippen molar-refractivity contribution in [3.63, 3.8) is 0 Å². The van der Waals surface area contributed by atoms with Gasteiger partial charge in [0.1, 0.15) is 0 Å². The first-order valence-corrected chi connectivity index (χ1v) is 7.34. The number of benzene rings is 1. The highest BCUT2D eigenvalue weighted by atomic mass is 79.9. The van der Waals surface area contributed by atoms with Crippen molar-refractivity contribution in [3.8, 4) is 0 Å². The Bertz CT molecular complexity index is 359. The molecular weight excluding hydrogens is 276 g/mol. The van der Waals surface area contributed by atoms with Crippen LogP contribution >= 0.6 is 15.9 Å². The van der Waals surface area contributed by atoms with E-state index in [1.54, 1.807) is 0 Å². The quantitative estimate of drug-likeness (QED) is 0.914.